The van der Waals surface area contributed by atoms with Gasteiger partial charge in [-0.3, -0.25) is 4.98 Å². The largest absolute Gasteiger partial charge is 0.492 e. The van der Waals surface area contributed by atoms with Crippen LogP contribution in [0.4, 0.5) is 0 Å². The van der Waals surface area contributed by atoms with E-state index in [4.69, 9.17) is 15.4 Å². The van der Waals surface area contributed by atoms with Gasteiger partial charge in [-0.15, -0.1) is 0 Å². The first kappa shape index (κ1) is 15.2. The summed E-state index contributed by atoms with van der Waals surface area (Å²) in [6.45, 7) is 6.19. The molecule has 0 aliphatic carbocycles. The summed E-state index contributed by atoms with van der Waals surface area (Å²) in [4.78, 5) is 3.93. The maximum absolute atomic E-state index is 11.2. The molecular weight excluding hydrogens is 274 g/mol. The van der Waals surface area contributed by atoms with Crippen LogP contribution in [0.3, 0.4) is 0 Å². The molecule has 18 heavy (non-hydrogen) atoms. The number of halogens is 1. The second kappa shape index (κ2) is 5.89. The number of nitrogens with zero attached hydrogens (tertiary/aromatic N) is 1. The smallest absolute Gasteiger partial charge is 0.233 e. The summed E-state index contributed by atoms with van der Waals surface area (Å²) in [5.74, 6) is 0.345. The molecule has 0 amide bonds. The van der Waals surface area contributed by atoms with Gasteiger partial charge in [0, 0.05) is 22.8 Å². The van der Waals surface area contributed by atoms with E-state index in [9.17, 15) is 8.42 Å². The highest BCUT2D eigenvalue weighted by molar-refractivity contribution is 8.13. The number of ether oxygens (including phenoxy) is 1. The molecule has 1 atom stereocenters. The third kappa shape index (κ3) is 5.69. The Morgan fingerprint density at radius 2 is 2.11 bits per heavy atom. The molecule has 0 aliphatic heterocycles. The standard InChI is InChI=1S/C12H18ClNO3S/c1-12(2,3)10(9-18(13,15)16)8-17-11-5-4-6-14-7-11/h4-7,10H,8-9H2,1-3H3. The van der Waals surface area contributed by atoms with Crippen molar-refractivity contribution >= 4 is 19.7 Å². The Morgan fingerprint density at radius 3 is 2.56 bits per heavy atom. The van der Waals surface area contributed by atoms with Gasteiger partial charge in [0.15, 0.2) is 0 Å². The molecule has 0 aromatic carbocycles. The predicted octanol–water partition coefficient (Wildman–Crippen LogP) is 2.69. The SMILES string of the molecule is CC(C)(C)C(COc1cccnc1)CS(=O)(=O)Cl. The molecule has 0 spiro atoms. The highest BCUT2D eigenvalue weighted by atomic mass is 35.7. The highest BCUT2D eigenvalue weighted by Crippen LogP contribution is 2.28. The summed E-state index contributed by atoms with van der Waals surface area (Å²) >= 11 is 0. The number of rotatable bonds is 5. The minimum atomic E-state index is -3.53. The molecule has 1 aromatic heterocycles. The minimum absolute atomic E-state index is 0.0989. The Bertz CT molecular complexity index is 468. The van der Waals surface area contributed by atoms with Crippen LogP contribution in [0.5, 0.6) is 5.75 Å². The van der Waals surface area contributed by atoms with E-state index in [0.717, 1.165) is 0 Å². The lowest BCUT2D eigenvalue weighted by Crippen LogP contribution is -2.31. The van der Waals surface area contributed by atoms with Crippen molar-refractivity contribution < 1.29 is 13.2 Å². The highest BCUT2D eigenvalue weighted by Gasteiger charge is 2.29. The second-order valence-corrected chi connectivity index (χ2v) is 8.09. The van der Waals surface area contributed by atoms with Gasteiger partial charge in [-0.2, -0.15) is 0 Å². The van der Waals surface area contributed by atoms with E-state index in [0.29, 0.717) is 12.4 Å². The molecular formula is C12H18ClNO3S. The van der Waals surface area contributed by atoms with Crippen molar-refractivity contribution in [2.24, 2.45) is 11.3 Å². The molecule has 1 aromatic rings. The third-order valence-corrected chi connectivity index (χ3v) is 3.89. The zero-order valence-corrected chi connectivity index (χ0v) is 12.3. The molecule has 0 N–H and O–H groups in total. The molecule has 0 fully saturated rings. The zero-order chi connectivity index (χ0) is 13.8. The lowest BCUT2D eigenvalue weighted by atomic mass is 9.82. The van der Waals surface area contributed by atoms with Gasteiger partial charge >= 0.3 is 0 Å². The number of hydrogen-bond donors (Lipinski definition) is 0. The van der Waals surface area contributed by atoms with Gasteiger partial charge in [-0.25, -0.2) is 8.42 Å². The summed E-state index contributed by atoms with van der Waals surface area (Å²) < 4.78 is 27.9. The molecule has 102 valence electrons. The predicted molar refractivity (Wildman–Crippen MR) is 72.3 cm³/mol. The summed E-state index contributed by atoms with van der Waals surface area (Å²) in [6.07, 6.45) is 3.24. The Morgan fingerprint density at radius 1 is 1.44 bits per heavy atom. The average Bonchev–Trinajstić information content (AvgIpc) is 2.22. The molecule has 0 saturated carbocycles. The normalized spacial score (nSPS) is 14.2. The van der Waals surface area contributed by atoms with Gasteiger partial charge < -0.3 is 4.74 Å². The Labute approximate surface area is 113 Å². The molecule has 0 radical (unpaired) electrons. The van der Waals surface area contributed by atoms with Gasteiger partial charge in [0.25, 0.3) is 0 Å². The molecule has 0 saturated heterocycles. The van der Waals surface area contributed by atoms with E-state index in [1.165, 1.54) is 0 Å². The van der Waals surface area contributed by atoms with Gasteiger partial charge in [0.1, 0.15) is 5.75 Å². The van der Waals surface area contributed by atoms with E-state index in [1.807, 2.05) is 20.8 Å². The van der Waals surface area contributed by atoms with Crippen molar-refractivity contribution in [1.29, 1.82) is 0 Å². The molecule has 4 nitrogen and oxygen atoms in total. The molecule has 0 bridgehead atoms. The lowest BCUT2D eigenvalue weighted by Gasteiger charge is -2.29. The molecule has 1 unspecified atom stereocenters. The van der Waals surface area contributed by atoms with Gasteiger partial charge in [0.05, 0.1) is 18.6 Å². The van der Waals surface area contributed by atoms with E-state index in [1.54, 1.807) is 24.5 Å². The Kier molecular flexibility index (Phi) is 4.99. The lowest BCUT2D eigenvalue weighted by molar-refractivity contribution is 0.163. The molecule has 1 heterocycles. The van der Waals surface area contributed by atoms with Crippen LogP contribution in [-0.2, 0) is 9.05 Å². The van der Waals surface area contributed by atoms with E-state index < -0.39 is 9.05 Å². The van der Waals surface area contributed by atoms with E-state index >= 15 is 0 Å². The topological polar surface area (TPSA) is 56.3 Å². The quantitative estimate of drug-likeness (QED) is 0.783. The monoisotopic (exact) mass is 291 g/mol. The first-order valence-corrected chi connectivity index (χ1v) is 8.11. The minimum Gasteiger partial charge on any atom is -0.492 e. The first-order valence-electron chi connectivity index (χ1n) is 5.63. The van der Waals surface area contributed by atoms with Gasteiger partial charge in [0.2, 0.25) is 9.05 Å². The fourth-order valence-corrected chi connectivity index (χ4v) is 2.95. The van der Waals surface area contributed by atoms with Crippen LogP contribution in [0.25, 0.3) is 0 Å². The van der Waals surface area contributed by atoms with Crippen molar-refractivity contribution in [2.75, 3.05) is 12.4 Å². The molecule has 1 rings (SSSR count). The summed E-state index contributed by atoms with van der Waals surface area (Å²) in [7, 11) is 1.79. The zero-order valence-electron chi connectivity index (χ0n) is 10.8. The summed E-state index contributed by atoms with van der Waals surface area (Å²) in [6, 6.07) is 3.54. The van der Waals surface area contributed by atoms with Crippen LogP contribution in [0, 0.1) is 11.3 Å². The Hall–Kier alpha value is -0.810. The summed E-state index contributed by atoms with van der Waals surface area (Å²) in [5.41, 5.74) is -0.204. The van der Waals surface area contributed by atoms with Crippen LogP contribution < -0.4 is 4.74 Å². The van der Waals surface area contributed by atoms with Gasteiger partial charge in [-0.05, 0) is 17.5 Å². The molecule has 6 heteroatoms. The number of hydrogen-bond acceptors (Lipinski definition) is 4. The van der Waals surface area contributed by atoms with Crippen molar-refractivity contribution in [3.63, 3.8) is 0 Å². The fraction of sp³-hybridized carbons (Fsp3) is 0.583. The van der Waals surface area contributed by atoms with Crippen LogP contribution in [-0.4, -0.2) is 25.8 Å². The maximum atomic E-state index is 11.2. The second-order valence-electron chi connectivity index (χ2n) is 5.27. The van der Waals surface area contributed by atoms with Crippen LogP contribution in [0.15, 0.2) is 24.5 Å². The maximum Gasteiger partial charge on any atom is 0.233 e. The number of aromatic nitrogens is 1. The number of pyridine rings is 1. The van der Waals surface area contributed by atoms with Crippen LogP contribution in [0.1, 0.15) is 20.8 Å². The third-order valence-electron chi connectivity index (χ3n) is 2.71. The van der Waals surface area contributed by atoms with E-state index in [-0.39, 0.29) is 17.1 Å². The summed E-state index contributed by atoms with van der Waals surface area (Å²) in [5, 5.41) is 0. The van der Waals surface area contributed by atoms with Gasteiger partial charge in [-0.1, -0.05) is 20.8 Å². The van der Waals surface area contributed by atoms with E-state index in [2.05, 4.69) is 4.98 Å². The van der Waals surface area contributed by atoms with Crippen molar-refractivity contribution in [3.8, 4) is 5.75 Å². The van der Waals surface area contributed by atoms with Crippen LogP contribution in [0.2, 0.25) is 0 Å². The first-order chi connectivity index (χ1) is 8.18. The van der Waals surface area contributed by atoms with Crippen molar-refractivity contribution in [1.82, 2.24) is 4.98 Å². The van der Waals surface area contributed by atoms with Crippen molar-refractivity contribution in [2.45, 2.75) is 20.8 Å². The van der Waals surface area contributed by atoms with Crippen molar-refractivity contribution in [3.05, 3.63) is 24.5 Å². The van der Waals surface area contributed by atoms with Crippen LogP contribution >= 0.6 is 10.7 Å². The molecule has 0 aliphatic rings. The Balaban J connectivity index is 2.69. The fourth-order valence-electron chi connectivity index (χ4n) is 1.42. The average molecular weight is 292 g/mol.